The Hall–Kier alpha value is -3.52. The SMILES string of the molecule is CCc1cnc(N2CCC(Oc3ccc(-n4ccc5cc(CO)cnc54)nc3)CC2)nc1. The van der Waals surface area contributed by atoms with Crippen molar-refractivity contribution in [1.82, 2.24) is 24.5 Å². The van der Waals surface area contributed by atoms with Gasteiger partial charge in [0, 0.05) is 56.1 Å². The number of aliphatic hydroxyl groups excluding tert-OH is 1. The molecule has 0 aromatic carbocycles. The van der Waals surface area contributed by atoms with Gasteiger partial charge in [0.1, 0.15) is 23.3 Å². The minimum Gasteiger partial charge on any atom is -0.489 e. The van der Waals surface area contributed by atoms with Crippen LogP contribution in [-0.2, 0) is 13.0 Å². The molecule has 5 rings (SSSR count). The number of fused-ring (bicyclic) bond motifs is 1. The fraction of sp³-hybridized carbons (Fsp3) is 0.333. The van der Waals surface area contributed by atoms with Crippen LogP contribution in [-0.4, -0.2) is 48.8 Å². The second-order valence-corrected chi connectivity index (χ2v) is 8.00. The summed E-state index contributed by atoms with van der Waals surface area (Å²) in [5.41, 5.74) is 2.76. The number of nitrogens with zero attached hydrogens (tertiary/aromatic N) is 6. The Kier molecular flexibility index (Phi) is 5.68. The first-order valence-electron chi connectivity index (χ1n) is 11.0. The molecule has 0 unspecified atom stereocenters. The van der Waals surface area contributed by atoms with Gasteiger partial charge in [0.15, 0.2) is 0 Å². The van der Waals surface area contributed by atoms with E-state index >= 15 is 0 Å². The maximum absolute atomic E-state index is 9.30. The van der Waals surface area contributed by atoms with Gasteiger partial charge in [0.05, 0.1) is 12.8 Å². The van der Waals surface area contributed by atoms with Crippen molar-refractivity contribution in [2.75, 3.05) is 18.0 Å². The van der Waals surface area contributed by atoms with Gasteiger partial charge < -0.3 is 14.7 Å². The van der Waals surface area contributed by atoms with Crippen LogP contribution in [0.15, 0.2) is 55.2 Å². The fourth-order valence-corrected chi connectivity index (χ4v) is 3.99. The van der Waals surface area contributed by atoms with Crippen molar-refractivity contribution in [2.24, 2.45) is 0 Å². The average Bonchev–Trinajstić information content (AvgIpc) is 3.28. The van der Waals surface area contributed by atoms with Crippen molar-refractivity contribution in [3.05, 3.63) is 66.4 Å². The van der Waals surface area contributed by atoms with Gasteiger partial charge in [0.25, 0.3) is 0 Å². The van der Waals surface area contributed by atoms with E-state index in [1.807, 2.05) is 47.4 Å². The molecule has 1 fully saturated rings. The molecule has 4 aromatic rings. The van der Waals surface area contributed by atoms with Crippen LogP contribution in [0.3, 0.4) is 0 Å². The van der Waals surface area contributed by atoms with E-state index in [9.17, 15) is 5.11 Å². The predicted octanol–water partition coefficient (Wildman–Crippen LogP) is 3.31. The molecule has 0 radical (unpaired) electrons. The minimum absolute atomic E-state index is 0.0184. The lowest BCUT2D eigenvalue weighted by molar-refractivity contribution is 0.170. The van der Waals surface area contributed by atoms with Crippen molar-refractivity contribution < 1.29 is 9.84 Å². The lowest BCUT2D eigenvalue weighted by Gasteiger charge is -2.32. The summed E-state index contributed by atoms with van der Waals surface area (Å²) < 4.78 is 8.12. The summed E-state index contributed by atoms with van der Waals surface area (Å²) in [4.78, 5) is 20.2. The molecule has 5 heterocycles. The first-order chi connectivity index (χ1) is 15.7. The van der Waals surface area contributed by atoms with Crippen LogP contribution < -0.4 is 9.64 Å². The van der Waals surface area contributed by atoms with Crippen LogP contribution in [0.5, 0.6) is 5.75 Å². The zero-order valence-electron chi connectivity index (χ0n) is 18.1. The summed E-state index contributed by atoms with van der Waals surface area (Å²) in [6, 6.07) is 7.80. The van der Waals surface area contributed by atoms with Gasteiger partial charge >= 0.3 is 0 Å². The maximum Gasteiger partial charge on any atom is 0.225 e. The third-order valence-electron chi connectivity index (χ3n) is 5.86. The van der Waals surface area contributed by atoms with E-state index in [2.05, 4.69) is 31.8 Å². The molecule has 164 valence electrons. The largest absolute Gasteiger partial charge is 0.489 e. The molecule has 32 heavy (non-hydrogen) atoms. The number of aryl methyl sites for hydroxylation is 1. The molecule has 0 amide bonds. The minimum atomic E-state index is -0.0184. The van der Waals surface area contributed by atoms with E-state index in [1.54, 1.807) is 12.4 Å². The second kappa shape index (κ2) is 8.92. The standard InChI is InChI=1S/C24H26N6O2/c1-2-17-12-27-24(28-13-17)29-8-6-20(7-9-29)32-21-3-4-22(25-15-21)30-10-5-19-11-18(16-31)14-26-23(19)30/h3-5,10-15,20,31H,2,6-9,16H2,1H3. The third-order valence-corrected chi connectivity index (χ3v) is 5.86. The van der Waals surface area contributed by atoms with E-state index in [1.165, 1.54) is 0 Å². The van der Waals surface area contributed by atoms with Gasteiger partial charge in [-0.15, -0.1) is 0 Å². The number of aromatic nitrogens is 5. The molecule has 8 nitrogen and oxygen atoms in total. The number of rotatable bonds is 6. The fourth-order valence-electron chi connectivity index (χ4n) is 3.99. The average molecular weight is 431 g/mol. The molecule has 0 spiro atoms. The molecule has 0 saturated carbocycles. The molecule has 0 bridgehead atoms. The first-order valence-corrected chi connectivity index (χ1v) is 11.0. The number of ether oxygens (including phenoxy) is 1. The van der Waals surface area contributed by atoms with E-state index in [4.69, 9.17) is 4.74 Å². The van der Waals surface area contributed by atoms with Crippen molar-refractivity contribution in [3.8, 4) is 11.6 Å². The quantitative estimate of drug-likeness (QED) is 0.502. The molecule has 1 saturated heterocycles. The number of hydrogen-bond acceptors (Lipinski definition) is 7. The molecule has 1 aliphatic rings. The number of anilines is 1. The van der Waals surface area contributed by atoms with Crippen LogP contribution in [0.25, 0.3) is 16.9 Å². The van der Waals surface area contributed by atoms with Crippen LogP contribution in [0, 0.1) is 0 Å². The lowest BCUT2D eigenvalue weighted by Crippen LogP contribution is -2.39. The normalized spacial score (nSPS) is 14.8. The van der Waals surface area contributed by atoms with Gasteiger partial charge in [-0.05, 0) is 41.8 Å². The Labute approximate surface area is 186 Å². The van der Waals surface area contributed by atoms with E-state index in [0.29, 0.717) is 0 Å². The van der Waals surface area contributed by atoms with Crippen LogP contribution in [0.2, 0.25) is 0 Å². The molecule has 4 aromatic heterocycles. The van der Waals surface area contributed by atoms with Crippen molar-refractivity contribution in [3.63, 3.8) is 0 Å². The monoisotopic (exact) mass is 430 g/mol. The van der Waals surface area contributed by atoms with Gasteiger partial charge in [-0.25, -0.2) is 19.9 Å². The Bertz CT molecular complexity index is 1180. The number of piperidine rings is 1. The lowest BCUT2D eigenvalue weighted by atomic mass is 10.1. The molecule has 8 heteroatoms. The zero-order chi connectivity index (χ0) is 21.9. The Morgan fingerprint density at radius 1 is 0.969 bits per heavy atom. The van der Waals surface area contributed by atoms with Crippen molar-refractivity contribution in [2.45, 2.75) is 38.9 Å². The number of hydrogen-bond donors (Lipinski definition) is 1. The number of aliphatic hydroxyl groups is 1. The van der Waals surface area contributed by atoms with Crippen LogP contribution >= 0.6 is 0 Å². The summed E-state index contributed by atoms with van der Waals surface area (Å²) in [5, 5.41) is 10.3. The Balaban J connectivity index is 1.21. The summed E-state index contributed by atoms with van der Waals surface area (Å²) in [5.74, 6) is 2.34. The van der Waals surface area contributed by atoms with Crippen LogP contribution in [0.4, 0.5) is 5.95 Å². The molecule has 0 aliphatic carbocycles. The smallest absolute Gasteiger partial charge is 0.225 e. The highest BCUT2D eigenvalue weighted by atomic mass is 16.5. The summed E-state index contributed by atoms with van der Waals surface area (Å²) in [6.07, 6.45) is 12.1. The van der Waals surface area contributed by atoms with Crippen molar-refractivity contribution >= 4 is 17.0 Å². The predicted molar refractivity (Wildman–Crippen MR) is 122 cm³/mol. The summed E-state index contributed by atoms with van der Waals surface area (Å²) in [6.45, 7) is 3.83. The molecular weight excluding hydrogens is 404 g/mol. The molecular formula is C24H26N6O2. The molecule has 0 atom stereocenters. The third kappa shape index (κ3) is 4.13. The van der Waals surface area contributed by atoms with E-state index < -0.39 is 0 Å². The van der Waals surface area contributed by atoms with Gasteiger partial charge in [0.2, 0.25) is 5.95 Å². The highest BCUT2D eigenvalue weighted by molar-refractivity contribution is 5.78. The highest BCUT2D eigenvalue weighted by Gasteiger charge is 2.22. The number of pyridine rings is 2. The first kappa shape index (κ1) is 20.4. The summed E-state index contributed by atoms with van der Waals surface area (Å²) >= 11 is 0. The van der Waals surface area contributed by atoms with E-state index in [-0.39, 0.29) is 12.7 Å². The second-order valence-electron chi connectivity index (χ2n) is 8.00. The highest BCUT2D eigenvalue weighted by Crippen LogP contribution is 2.23. The van der Waals surface area contributed by atoms with E-state index in [0.717, 1.165) is 72.0 Å². The van der Waals surface area contributed by atoms with Gasteiger partial charge in [-0.3, -0.25) is 4.57 Å². The van der Waals surface area contributed by atoms with Crippen LogP contribution in [0.1, 0.15) is 30.9 Å². The molecule has 1 aliphatic heterocycles. The van der Waals surface area contributed by atoms with Gasteiger partial charge in [-0.1, -0.05) is 6.92 Å². The zero-order valence-corrected chi connectivity index (χ0v) is 18.1. The maximum atomic E-state index is 9.30. The van der Waals surface area contributed by atoms with Gasteiger partial charge in [-0.2, -0.15) is 0 Å². The topological polar surface area (TPSA) is 89.2 Å². The Morgan fingerprint density at radius 2 is 1.75 bits per heavy atom. The summed E-state index contributed by atoms with van der Waals surface area (Å²) in [7, 11) is 0. The van der Waals surface area contributed by atoms with Crippen molar-refractivity contribution in [1.29, 1.82) is 0 Å². The Morgan fingerprint density at radius 3 is 2.44 bits per heavy atom. The molecule has 1 N–H and O–H groups in total.